The van der Waals surface area contributed by atoms with Crippen molar-refractivity contribution < 1.29 is 9.84 Å². The highest BCUT2D eigenvalue weighted by Gasteiger charge is 2.20. The minimum atomic E-state index is -0.419. The van der Waals surface area contributed by atoms with Crippen molar-refractivity contribution in [3.05, 3.63) is 29.8 Å². The molecule has 1 aliphatic rings. The van der Waals surface area contributed by atoms with Crippen molar-refractivity contribution in [2.45, 2.75) is 51.2 Å². The molecule has 1 unspecified atom stereocenters. The summed E-state index contributed by atoms with van der Waals surface area (Å²) in [4.78, 5) is 2.32. The Balaban J connectivity index is 1.88. The van der Waals surface area contributed by atoms with E-state index in [-0.39, 0.29) is 0 Å². The molecule has 0 spiro atoms. The molecular formula is C17H27NO2. The molecule has 1 N–H and O–H groups in total. The van der Waals surface area contributed by atoms with Gasteiger partial charge in [0.2, 0.25) is 0 Å². The lowest BCUT2D eigenvalue weighted by Crippen LogP contribution is -2.36. The van der Waals surface area contributed by atoms with Gasteiger partial charge in [0.1, 0.15) is 5.75 Å². The molecule has 1 aromatic carbocycles. The minimum absolute atomic E-state index is 0.419. The van der Waals surface area contributed by atoms with E-state index in [1.807, 2.05) is 31.2 Å². The first-order chi connectivity index (χ1) is 9.70. The van der Waals surface area contributed by atoms with E-state index in [9.17, 15) is 5.11 Å². The predicted octanol–water partition coefficient (Wildman–Crippen LogP) is 3.38. The average molecular weight is 277 g/mol. The minimum Gasteiger partial charge on any atom is -0.494 e. The molecule has 1 aromatic rings. The van der Waals surface area contributed by atoms with E-state index in [1.165, 1.54) is 32.1 Å². The summed E-state index contributed by atoms with van der Waals surface area (Å²) in [6.45, 7) is 3.35. The maximum absolute atomic E-state index is 10.4. The summed E-state index contributed by atoms with van der Waals surface area (Å²) in [5.41, 5.74) is 0.969. The fraction of sp³-hybridized carbons (Fsp3) is 0.647. The van der Waals surface area contributed by atoms with Crippen molar-refractivity contribution in [2.24, 2.45) is 0 Å². The van der Waals surface area contributed by atoms with Gasteiger partial charge in [-0.15, -0.1) is 0 Å². The van der Waals surface area contributed by atoms with Gasteiger partial charge in [0, 0.05) is 12.6 Å². The number of likely N-dealkylation sites (N-methyl/N-ethyl adjacent to an activating group) is 1. The number of aliphatic hydroxyl groups is 1. The second kappa shape index (κ2) is 7.65. The zero-order valence-corrected chi connectivity index (χ0v) is 12.7. The van der Waals surface area contributed by atoms with Crippen LogP contribution in [0, 0.1) is 0 Å². The first kappa shape index (κ1) is 15.3. The van der Waals surface area contributed by atoms with Gasteiger partial charge in [-0.2, -0.15) is 0 Å². The zero-order valence-electron chi connectivity index (χ0n) is 12.7. The largest absolute Gasteiger partial charge is 0.494 e. The van der Waals surface area contributed by atoms with Gasteiger partial charge in [-0.3, -0.25) is 0 Å². The summed E-state index contributed by atoms with van der Waals surface area (Å²) in [5, 5.41) is 10.4. The van der Waals surface area contributed by atoms with Gasteiger partial charge < -0.3 is 14.7 Å². The lowest BCUT2D eigenvalue weighted by molar-refractivity contribution is 0.0914. The Kier molecular flexibility index (Phi) is 5.86. The second-order valence-corrected chi connectivity index (χ2v) is 5.75. The maximum Gasteiger partial charge on any atom is 0.119 e. The highest BCUT2D eigenvalue weighted by molar-refractivity contribution is 5.28. The third kappa shape index (κ3) is 4.22. The topological polar surface area (TPSA) is 32.7 Å². The standard InChI is InChI=1S/C17H27NO2/c1-3-20-16-11-9-14(10-12-16)17(19)13-18(2)15-7-5-4-6-8-15/h9-12,15,17,19H,3-8,13H2,1-2H3. The predicted molar refractivity (Wildman–Crippen MR) is 82.1 cm³/mol. The van der Waals surface area contributed by atoms with Crippen LogP contribution in [0.5, 0.6) is 5.75 Å². The Morgan fingerprint density at radius 3 is 2.45 bits per heavy atom. The summed E-state index contributed by atoms with van der Waals surface area (Å²) in [5.74, 6) is 0.865. The summed E-state index contributed by atoms with van der Waals surface area (Å²) in [7, 11) is 2.13. The van der Waals surface area contributed by atoms with E-state index < -0.39 is 6.10 Å². The summed E-state index contributed by atoms with van der Waals surface area (Å²) >= 11 is 0. The van der Waals surface area contributed by atoms with Gasteiger partial charge in [0.15, 0.2) is 0 Å². The molecule has 0 radical (unpaired) electrons. The number of rotatable bonds is 6. The molecule has 2 rings (SSSR count). The van der Waals surface area contributed by atoms with Gasteiger partial charge in [-0.25, -0.2) is 0 Å². The first-order valence-electron chi connectivity index (χ1n) is 7.81. The monoisotopic (exact) mass is 277 g/mol. The Hall–Kier alpha value is -1.06. The molecule has 1 saturated carbocycles. The molecule has 0 bridgehead atoms. The van der Waals surface area contributed by atoms with Crippen LogP contribution in [0.4, 0.5) is 0 Å². The van der Waals surface area contributed by atoms with Crippen LogP contribution in [0.2, 0.25) is 0 Å². The molecule has 20 heavy (non-hydrogen) atoms. The number of hydrogen-bond acceptors (Lipinski definition) is 3. The first-order valence-corrected chi connectivity index (χ1v) is 7.81. The van der Waals surface area contributed by atoms with E-state index in [0.29, 0.717) is 19.2 Å². The average Bonchev–Trinajstić information content (AvgIpc) is 2.49. The van der Waals surface area contributed by atoms with Gasteiger partial charge in [0.25, 0.3) is 0 Å². The van der Waals surface area contributed by atoms with Crippen molar-refractivity contribution >= 4 is 0 Å². The molecule has 0 aromatic heterocycles. The van der Waals surface area contributed by atoms with Gasteiger partial charge >= 0.3 is 0 Å². The summed E-state index contributed by atoms with van der Waals surface area (Å²) in [6.07, 6.45) is 6.14. The van der Waals surface area contributed by atoms with E-state index >= 15 is 0 Å². The molecule has 0 heterocycles. The Morgan fingerprint density at radius 1 is 1.20 bits per heavy atom. The summed E-state index contributed by atoms with van der Waals surface area (Å²) in [6, 6.07) is 8.43. The zero-order chi connectivity index (χ0) is 14.4. The van der Waals surface area contributed by atoms with Crippen molar-refractivity contribution in [2.75, 3.05) is 20.2 Å². The van der Waals surface area contributed by atoms with Crippen LogP contribution < -0.4 is 4.74 Å². The fourth-order valence-electron chi connectivity index (χ4n) is 3.00. The van der Waals surface area contributed by atoms with Crippen LogP contribution in [-0.4, -0.2) is 36.2 Å². The van der Waals surface area contributed by atoms with Crippen molar-refractivity contribution in [3.8, 4) is 5.75 Å². The van der Waals surface area contributed by atoms with Crippen molar-refractivity contribution in [1.82, 2.24) is 4.90 Å². The molecule has 3 heteroatoms. The van der Waals surface area contributed by atoms with Crippen molar-refractivity contribution in [3.63, 3.8) is 0 Å². The number of hydrogen-bond donors (Lipinski definition) is 1. The van der Waals surface area contributed by atoms with Crippen LogP contribution in [0.25, 0.3) is 0 Å². The van der Waals surface area contributed by atoms with E-state index in [1.54, 1.807) is 0 Å². The SMILES string of the molecule is CCOc1ccc(C(O)CN(C)C2CCCCC2)cc1. The van der Waals surface area contributed by atoms with Gasteiger partial charge in [-0.05, 0) is 44.5 Å². The molecule has 3 nitrogen and oxygen atoms in total. The quantitative estimate of drug-likeness (QED) is 0.865. The molecule has 0 amide bonds. The van der Waals surface area contributed by atoms with Gasteiger partial charge in [-0.1, -0.05) is 31.4 Å². The third-order valence-corrected chi connectivity index (χ3v) is 4.23. The highest BCUT2D eigenvalue weighted by atomic mass is 16.5. The molecular weight excluding hydrogens is 250 g/mol. The molecule has 1 atom stereocenters. The smallest absolute Gasteiger partial charge is 0.119 e. The number of nitrogens with zero attached hydrogens (tertiary/aromatic N) is 1. The summed E-state index contributed by atoms with van der Waals surface area (Å²) < 4.78 is 5.42. The second-order valence-electron chi connectivity index (χ2n) is 5.75. The van der Waals surface area contributed by atoms with Gasteiger partial charge in [0.05, 0.1) is 12.7 Å². The molecule has 112 valence electrons. The number of benzene rings is 1. The third-order valence-electron chi connectivity index (χ3n) is 4.23. The maximum atomic E-state index is 10.4. The Bertz CT molecular complexity index is 384. The molecule has 0 aliphatic heterocycles. The van der Waals surface area contributed by atoms with E-state index in [0.717, 1.165) is 11.3 Å². The fourth-order valence-corrected chi connectivity index (χ4v) is 3.00. The molecule has 1 fully saturated rings. The van der Waals surface area contributed by atoms with Crippen LogP contribution in [0.15, 0.2) is 24.3 Å². The van der Waals surface area contributed by atoms with Crippen LogP contribution >= 0.6 is 0 Å². The lowest BCUT2D eigenvalue weighted by atomic mass is 9.94. The molecule has 0 saturated heterocycles. The molecule has 1 aliphatic carbocycles. The Labute approximate surface area is 122 Å². The number of aliphatic hydroxyl groups excluding tert-OH is 1. The number of ether oxygens (including phenoxy) is 1. The van der Waals surface area contributed by atoms with E-state index in [4.69, 9.17) is 4.74 Å². The Morgan fingerprint density at radius 2 is 1.85 bits per heavy atom. The van der Waals surface area contributed by atoms with Crippen molar-refractivity contribution in [1.29, 1.82) is 0 Å². The van der Waals surface area contributed by atoms with Crippen LogP contribution in [0.3, 0.4) is 0 Å². The van der Waals surface area contributed by atoms with E-state index in [2.05, 4.69) is 11.9 Å². The normalized spacial score (nSPS) is 18.2. The highest BCUT2D eigenvalue weighted by Crippen LogP contribution is 2.24. The lowest BCUT2D eigenvalue weighted by Gasteiger charge is -2.32. The van der Waals surface area contributed by atoms with Crippen LogP contribution in [0.1, 0.15) is 50.7 Å². The van der Waals surface area contributed by atoms with Crippen LogP contribution in [-0.2, 0) is 0 Å².